The Morgan fingerprint density at radius 3 is 2.66 bits per heavy atom. The van der Waals surface area contributed by atoms with Crippen molar-refractivity contribution in [1.29, 1.82) is 0 Å². The van der Waals surface area contributed by atoms with E-state index in [4.69, 9.17) is 4.74 Å². The van der Waals surface area contributed by atoms with E-state index in [-0.39, 0.29) is 0 Å². The molecule has 0 atom stereocenters. The highest BCUT2D eigenvalue weighted by atomic mass is 32.2. The topological polar surface area (TPSA) is 16.4 Å². The lowest BCUT2D eigenvalue weighted by Gasteiger charge is -2.20. The van der Waals surface area contributed by atoms with Gasteiger partial charge in [0.2, 0.25) is 11.2 Å². The number of pyridine rings is 1. The van der Waals surface area contributed by atoms with E-state index in [0.29, 0.717) is 0 Å². The van der Waals surface area contributed by atoms with E-state index < -0.39 is 0 Å². The highest BCUT2D eigenvalue weighted by molar-refractivity contribution is 8.03. The molecule has 1 aromatic heterocycles. The van der Waals surface area contributed by atoms with Crippen molar-refractivity contribution in [3.63, 3.8) is 0 Å². The number of methoxy groups -OCH3 is 1. The van der Waals surface area contributed by atoms with E-state index >= 15 is 0 Å². The first kappa shape index (κ1) is 19.8. The molecule has 4 rings (SSSR count). The lowest BCUT2D eigenvalue weighted by Crippen LogP contribution is -2.38. The van der Waals surface area contributed by atoms with Gasteiger partial charge in [0, 0.05) is 47.5 Å². The van der Waals surface area contributed by atoms with Gasteiger partial charge in [0.25, 0.3) is 0 Å². The first-order chi connectivity index (χ1) is 14.1. The summed E-state index contributed by atoms with van der Waals surface area (Å²) in [5, 5.41) is 2.59. The third kappa shape index (κ3) is 3.86. The quantitative estimate of drug-likeness (QED) is 0.456. The number of aromatic nitrogens is 1. The summed E-state index contributed by atoms with van der Waals surface area (Å²) in [5.74, 6) is 0.911. The Hall–Kier alpha value is -2.46. The van der Waals surface area contributed by atoms with Gasteiger partial charge in [0.15, 0.2) is 0 Å². The molecule has 0 unspecified atom stereocenters. The van der Waals surface area contributed by atoms with Crippen LogP contribution in [0.3, 0.4) is 0 Å². The molecule has 3 nitrogen and oxygen atoms in total. The second-order valence-electron chi connectivity index (χ2n) is 7.54. The molecule has 2 aromatic carbocycles. The van der Waals surface area contributed by atoms with Gasteiger partial charge in [-0.25, -0.2) is 0 Å². The standard InChI is InChI=1S/C25H29N2OS/c1-5-13-26-20(9-8-19-15-18(3)7-11-22(19)26)16-25-27(14-6-2)23-17-21(28-4)10-12-24(23)29-25/h7-12,15-17H,5-6,13-14H2,1-4H3/q+1. The Morgan fingerprint density at radius 2 is 1.90 bits per heavy atom. The molecule has 4 heteroatoms. The van der Waals surface area contributed by atoms with Crippen LogP contribution in [0.4, 0.5) is 5.69 Å². The first-order valence-corrected chi connectivity index (χ1v) is 11.2. The number of benzene rings is 2. The van der Waals surface area contributed by atoms with Crippen molar-refractivity contribution >= 4 is 34.4 Å². The number of aryl methyl sites for hydroxylation is 2. The summed E-state index contributed by atoms with van der Waals surface area (Å²) in [4.78, 5) is 3.72. The predicted octanol–water partition coefficient (Wildman–Crippen LogP) is 6.18. The summed E-state index contributed by atoms with van der Waals surface area (Å²) in [6.45, 7) is 8.64. The van der Waals surface area contributed by atoms with Crippen LogP contribution in [0.2, 0.25) is 0 Å². The first-order valence-electron chi connectivity index (χ1n) is 10.4. The zero-order chi connectivity index (χ0) is 20.4. The predicted molar refractivity (Wildman–Crippen MR) is 124 cm³/mol. The molecule has 0 aliphatic carbocycles. The summed E-state index contributed by atoms with van der Waals surface area (Å²) in [7, 11) is 1.73. The normalized spacial score (nSPS) is 14.6. The fraction of sp³-hybridized carbons (Fsp3) is 0.320. The second kappa shape index (κ2) is 8.50. The molecule has 1 aliphatic heterocycles. The van der Waals surface area contributed by atoms with Gasteiger partial charge in [-0.2, -0.15) is 4.57 Å². The Bertz CT molecular complexity index is 1070. The van der Waals surface area contributed by atoms with Gasteiger partial charge in [-0.3, -0.25) is 0 Å². The fourth-order valence-corrected chi connectivity index (χ4v) is 5.07. The van der Waals surface area contributed by atoms with Gasteiger partial charge in [0.1, 0.15) is 12.3 Å². The van der Waals surface area contributed by atoms with E-state index in [1.807, 2.05) is 11.8 Å². The Kier molecular flexibility index (Phi) is 5.81. The van der Waals surface area contributed by atoms with E-state index in [9.17, 15) is 0 Å². The molecule has 0 N–H and O–H groups in total. The highest BCUT2D eigenvalue weighted by Gasteiger charge is 2.26. The maximum atomic E-state index is 5.47. The summed E-state index contributed by atoms with van der Waals surface area (Å²) in [5.41, 5.74) is 5.11. The number of rotatable bonds is 6. The van der Waals surface area contributed by atoms with Crippen LogP contribution < -0.4 is 14.2 Å². The van der Waals surface area contributed by atoms with E-state index in [0.717, 1.165) is 31.7 Å². The van der Waals surface area contributed by atoms with E-state index in [1.165, 1.54) is 37.8 Å². The van der Waals surface area contributed by atoms with Crippen molar-refractivity contribution in [1.82, 2.24) is 0 Å². The van der Waals surface area contributed by atoms with Crippen molar-refractivity contribution in [3.8, 4) is 5.75 Å². The zero-order valence-electron chi connectivity index (χ0n) is 17.7. The number of fused-ring (bicyclic) bond motifs is 2. The van der Waals surface area contributed by atoms with Gasteiger partial charge >= 0.3 is 0 Å². The summed E-state index contributed by atoms with van der Waals surface area (Å²) >= 11 is 1.85. The molecule has 1 aliphatic rings. The van der Waals surface area contributed by atoms with Gasteiger partial charge in [-0.05, 0) is 37.6 Å². The molecule has 150 valence electrons. The molecule has 0 saturated carbocycles. The number of anilines is 1. The third-order valence-electron chi connectivity index (χ3n) is 5.32. The van der Waals surface area contributed by atoms with Gasteiger partial charge in [0.05, 0.1) is 17.8 Å². The largest absolute Gasteiger partial charge is 0.497 e. The molecular formula is C25H29N2OS+. The third-order valence-corrected chi connectivity index (χ3v) is 6.43. The van der Waals surface area contributed by atoms with Crippen molar-refractivity contribution in [2.75, 3.05) is 18.6 Å². The zero-order valence-corrected chi connectivity index (χ0v) is 18.6. The van der Waals surface area contributed by atoms with E-state index in [2.05, 4.69) is 84.8 Å². The van der Waals surface area contributed by atoms with Crippen LogP contribution in [0.25, 0.3) is 17.0 Å². The van der Waals surface area contributed by atoms with Crippen molar-refractivity contribution in [2.24, 2.45) is 0 Å². The maximum absolute atomic E-state index is 5.47. The monoisotopic (exact) mass is 405 g/mol. The molecule has 0 fully saturated rings. The van der Waals surface area contributed by atoms with Gasteiger partial charge in [-0.1, -0.05) is 37.2 Å². The average Bonchev–Trinajstić information content (AvgIpc) is 3.06. The Morgan fingerprint density at radius 1 is 1.03 bits per heavy atom. The van der Waals surface area contributed by atoms with Crippen LogP contribution in [-0.4, -0.2) is 13.7 Å². The minimum absolute atomic E-state index is 0.911. The van der Waals surface area contributed by atoms with Crippen molar-refractivity contribution in [3.05, 3.63) is 64.8 Å². The Labute approximate surface area is 178 Å². The average molecular weight is 406 g/mol. The molecule has 0 spiro atoms. The van der Waals surface area contributed by atoms with Crippen molar-refractivity contribution < 1.29 is 9.30 Å². The van der Waals surface area contributed by atoms with Crippen LogP contribution in [0.1, 0.15) is 37.9 Å². The Balaban J connectivity index is 1.81. The van der Waals surface area contributed by atoms with Gasteiger partial charge < -0.3 is 9.64 Å². The SMILES string of the molecule is CCCN1/C(=C/c2ccc3cc(C)ccc3[n+]2CCC)Sc2ccc(OC)cc21. The molecule has 0 bridgehead atoms. The maximum Gasteiger partial charge on any atom is 0.212 e. The number of thioether (sulfide) groups is 1. The van der Waals surface area contributed by atoms with Crippen LogP contribution in [0.15, 0.2) is 58.5 Å². The number of ether oxygens (including phenoxy) is 1. The minimum Gasteiger partial charge on any atom is -0.497 e. The van der Waals surface area contributed by atoms with Crippen molar-refractivity contribution in [2.45, 2.75) is 45.1 Å². The molecule has 0 radical (unpaired) electrons. The molecule has 29 heavy (non-hydrogen) atoms. The minimum atomic E-state index is 0.911. The second-order valence-corrected chi connectivity index (χ2v) is 8.60. The lowest BCUT2D eigenvalue weighted by atomic mass is 10.1. The molecule has 0 saturated heterocycles. The summed E-state index contributed by atoms with van der Waals surface area (Å²) in [6.07, 6.45) is 4.55. The number of nitrogens with zero attached hydrogens (tertiary/aromatic N) is 2. The summed E-state index contributed by atoms with van der Waals surface area (Å²) in [6, 6.07) is 17.6. The summed E-state index contributed by atoms with van der Waals surface area (Å²) < 4.78 is 7.92. The number of hydrogen-bond acceptors (Lipinski definition) is 3. The van der Waals surface area contributed by atoms with E-state index in [1.54, 1.807) is 7.11 Å². The number of hydrogen-bond donors (Lipinski definition) is 0. The van der Waals surface area contributed by atoms with Crippen LogP contribution >= 0.6 is 11.8 Å². The highest BCUT2D eigenvalue weighted by Crippen LogP contribution is 2.47. The van der Waals surface area contributed by atoms with Crippen LogP contribution in [-0.2, 0) is 6.54 Å². The van der Waals surface area contributed by atoms with Crippen LogP contribution in [0, 0.1) is 6.92 Å². The lowest BCUT2D eigenvalue weighted by molar-refractivity contribution is -0.673. The smallest absolute Gasteiger partial charge is 0.212 e. The molecular weight excluding hydrogens is 376 g/mol. The molecule has 2 heterocycles. The van der Waals surface area contributed by atoms with Crippen LogP contribution in [0.5, 0.6) is 5.75 Å². The molecule has 0 amide bonds. The molecule has 3 aromatic rings. The fourth-order valence-electron chi connectivity index (χ4n) is 3.95. The van der Waals surface area contributed by atoms with Gasteiger partial charge in [-0.15, -0.1) is 0 Å².